The third kappa shape index (κ3) is 3.79. The van der Waals surface area contributed by atoms with Gasteiger partial charge in [-0.05, 0) is 73.3 Å². The zero-order chi connectivity index (χ0) is 17.1. The van der Waals surface area contributed by atoms with Crippen LogP contribution in [0.2, 0.25) is 0 Å². The fourth-order valence-electron chi connectivity index (χ4n) is 2.30. The van der Waals surface area contributed by atoms with Crippen molar-refractivity contribution in [3.63, 3.8) is 0 Å². The van der Waals surface area contributed by atoms with E-state index < -0.39 is 5.97 Å². The molecule has 0 aliphatic heterocycles. The smallest absolute Gasteiger partial charge is 0.349 e. The lowest BCUT2D eigenvalue weighted by molar-refractivity contribution is -0.136. The van der Waals surface area contributed by atoms with E-state index >= 15 is 0 Å². The molecule has 3 nitrogen and oxygen atoms in total. The SMILES string of the molecule is Cc1ccc(OC(=O)COc2ccc3ccccc3c2Br)c(Br)c1. The highest BCUT2D eigenvalue weighted by Gasteiger charge is 2.11. The number of carbonyl (C=O) groups is 1. The molecule has 0 saturated carbocycles. The van der Waals surface area contributed by atoms with E-state index in [1.165, 1.54) is 0 Å². The molecule has 0 fully saturated rings. The second kappa shape index (κ2) is 7.36. The van der Waals surface area contributed by atoms with Crippen LogP contribution in [0.4, 0.5) is 0 Å². The fraction of sp³-hybridized carbons (Fsp3) is 0.105. The maximum atomic E-state index is 12.0. The summed E-state index contributed by atoms with van der Waals surface area (Å²) in [5.74, 6) is 0.625. The number of benzene rings is 3. The molecular weight excluding hydrogens is 436 g/mol. The van der Waals surface area contributed by atoms with Gasteiger partial charge in [0.25, 0.3) is 0 Å². The van der Waals surface area contributed by atoms with Gasteiger partial charge in [-0.3, -0.25) is 0 Å². The van der Waals surface area contributed by atoms with Gasteiger partial charge in [-0.2, -0.15) is 0 Å². The minimum absolute atomic E-state index is 0.169. The van der Waals surface area contributed by atoms with Crippen molar-refractivity contribution in [3.8, 4) is 11.5 Å². The molecule has 0 aliphatic rings. The molecule has 0 amide bonds. The molecule has 0 saturated heterocycles. The fourth-order valence-corrected chi connectivity index (χ4v) is 3.48. The Morgan fingerprint density at radius 3 is 2.54 bits per heavy atom. The Kier molecular flexibility index (Phi) is 5.21. The van der Waals surface area contributed by atoms with Crippen molar-refractivity contribution in [2.75, 3.05) is 6.61 Å². The molecule has 0 atom stereocenters. The van der Waals surface area contributed by atoms with Gasteiger partial charge >= 0.3 is 5.97 Å². The van der Waals surface area contributed by atoms with E-state index in [9.17, 15) is 4.79 Å². The Hall–Kier alpha value is -1.85. The Morgan fingerprint density at radius 1 is 1.00 bits per heavy atom. The monoisotopic (exact) mass is 448 g/mol. The molecule has 3 aromatic carbocycles. The van der Waals surface area contributed by atoms with E-state index in [4.69, 9.17) is 9.47 Å². The predicted molar refractivity (Wildman–Crippen MR) is 102 cm³/mol. The molecule has 0 radical (unpaired) electrons. The molecule has 0 N–H and O–H groups in total. The van der Waals surface area contributed by atoms with Crippen LogP contribution in [0.25, 0.3) is 10.8 Å². The third-order valence-electron chi connectivity index (χ3n) is 3.48. The number of hydrogen-bond donors (Lipinski definition) is 0. The normalized spacial score (nSPS) is 10.6. The molecule has 5 heteroatoms. The second-order valence-electron chi connectivity index (χ2n) is 5.30. The summed E-state index contributed by atoms with van der Waals surface area (Å²) >= 11 is 6.92. The molecule has 0 spiro atoms. The van der Waals surface area contributed by atoms with Gasteiger partial charge in [0.1, 0.15) is 11.5 Å². The van der Waals surface area contributed by atoms with E-state index in [1.54, 1.807) is 6.07 Å². The minimum Gasteiger partial charge on any atom is -0.481 e. The molecule has 3 rings (SSSR count). The first-order valence-electron chi connectivity index (χ1n) is 7.31. The summed E-state index contributed by atoms with van der Waals surface area (Å²) < 4.78 is 12.5. The third-order valence-corrected chi connectivity index (χ3v) is 4.92. The highest BCUT2D eigenvalue weighted by atomic mass is 79.9. The Balaban J connectivity index is 1.69. The van der Waals surface area contributed by atoms with Crippen molar-refractivity contribution in [2.24, 2.45) is 0 Å². The largest absolute Gasteiger partial charge is 0.481 e. The number of esters is 1. The van der Waals surface area contributed by atoms with Gasteiger partial charge in [0.15, 0.2) is 6.61 Å². The van der Waals surface area contributed by atoms with Crippen molar-refractivity contribution >= 4 is 48.6 Å². The summed E-state index contributed by atoms with van der Waals surface area (Å²) in [7, 11) is 0. The van der Waals surface area contributed by atoms with Crippen LogP contribution >= 0.6 is 31.9 Å². The number of ether oxygens (including phenoxy) is 2. The molecule has 0 unspecified atom stereocenters. The van der Waals surface area contributed by atoms with E-state index in [0.717, 1.165) is 25.3 Å². The van der Waals surface area contributed by atoms with Gasteiger partial charge < -0.3 is 9.47 Å². The van der Waals surface area contributed by atoms with Crippen molar-refractivity contribution in [1.29, 1.82) is 0 Å². The zero-order valence-electron chi connectivity index (χ0n) is 12.9. The lowest BCUT2D eigenvalue weighted by Gasteiger charge is -2.11. The van der Waals surface area contributed by atoms with Gasteiger partial charge in [-0.15, -0.1) is 0 Å². The van der Waals surface area contributed by atoms with Gasteiger partial charge in [-0.25, -0.2) is 4.79 Å². The van der Waals surface area contributed by atoms with Crippen LogP contribution in [-0.4, -0.2) is 12.6 Å². The predicted octanol–water partition coefficient (Wildman–Crippen LogP) is 5.66. The standard InChI is InChI=1S/C19H14Br2O3/c1-12-6-8-16(15(20)10-12)24-18(22)11-23-17-9-7-13-4-2-3-5-14(13)19(17)21/h2-10H,11H2,1H3. The second-order valence-corrected chi connectivity index (χ2v) is 6.94. The maximum absolute atomic E-state index is 12.0. The number of hydrogen-bond acceptors (Lipinski definition) is 3. The number of aryl methyl sites for hydroxylation is 1. The average molecular weight is 450 g/mol. The van der Waals surface area contributed by atoms with Crippen LogP contribution in [-0.2, 0) is 4.79 Å². The minimum atomic E-state index is -0.459. The average Bonchev–Trinajstić information content (AvgIpc) is 2.57. The summed E-state index contributed by atoms with van der Waals surface area (Å²) in [5.41, 5.74) is 1.08. The molecule has 3 aromatic rings. The van der Waals surface area contributed by atoms with Crippen LogP contribution in [0.15, 0.2) is 63.5 Å². The lowest BCUT2D eigenvalue weighted by Crippen LogP contribution is -2.18. The van der Waals surface area contributed by atoms with E-state index in [1.807, 2.05) is 55.5 Å². The summed E-state index contributed by atoms with van der Waals surface area (Å²) in [6.45, 7) is 1.80. The Bertz CT molecular complexity index is 906. The van der Waals surface area contributed by atoms with Crippen molar-refractivity contribution in [1.82, 2.24) is 0 Å². The highest BCUT2D eigenvalue weighted by molar-refractivity contribution is 9.11. The molecule has 122 valence electrons. The van der Waals surface area contributed by atoms with Gasteiger partial charge in [0, 0.05) is 0 Å². The summed E-state index contributed by atoms with van der Waals surface area (Å²) in [4.78, 5) is 12.0. The van der Waals surface area contributed by atoms with Gasteiger partial charge in [-0.1, -0.05) is 36.4 Å². The number of rotatable bonds is 4. The summed E-state index contributed by atoms with van der Waals surface area (Å²) in [6.07, 6.45) is 0. The molecule has 0 aromatic heterocycles. The first-order valence-corrected chi connectivity index (χ1v) is 8.90. The summed E-state index contributed by atoms with van der Waals surface area (Å²) in [6, 6.07) is 17.3. The van der Waals surface area contributed by atoms with E-state index in [0.29, 0.717) is 11.5 Å². The van der Waals surface area contributed by atoms with E-state index in [-0.39, 0.29) is 6.61 Å². The topological polar surface area (TPSA) is 35.5 Å². The van der Waals surface area contributed by atoms with Crippen molar-refractivity contribution in [3.05, 3.63) is 69.1 Å². The van der Waals surface area contributed by atoms with Crippen LogP contribution in [0.3, 0.4) is 0 Å². The number of carbonyl (C=O) groups excluding carboxylic acids is 1. The molecule has 24 heavy (non-hydrogen) atoms. The van der Waals surface area contributed by atoms with Crippen LogP contribution in [0.1, 0.15) is 5.56 Å². The first-order chi connectivity index (χ1) is 11.5. The lowest BCUT2D eigenvalue weighted by atomic mass is 10.1. The van der Waals surface area contributed by atoms with Crippen LogP contribution in [0, 0.1) is 6.92 Å². The highest BCUT2D eigenvalue weighted by Crippen LogP contribution is 2.33. The molecule has 0 bridgehead atoms. The first kappa shape index (κ1) is 17.0. The molecule has 0 heterocycles. The van der Waals surface area contributed by atoms with Crippen LogP contribution < -0.4 is 9.47 Å². The summed E-state index contributed by atoms with van der Waals surface area (Å²) in [5, 5.41) is 2.13. The van der Waals surface area contributed by atoms with Crippen molar-refractivity contribution < 1.29 is 14.3 Å². The number of halogens is 2. The zero-order valence-corrected chi connectivity index (χ0v) is 16.1. The van der Waals surface area contributed by atoms with Crippen LogP contribution in [0.5, 0.6) is 11.5 Å². The Morgan fingerprint density at radius 2 is 1.75 bits per heavy atom. The molecular formula is C19H14Br2O3. The van der Waals surface area contributed by atoms with Gasteiger partial charge in [0.2, 0.25) is 0 Å². The van der Waals surface area contributed by atoms with Gasteiger partial charge in [0.05, 0.1) is 8.95 Å². The maximum Gasteiger partial charge on any atom is 0.349 e. The quantitative estimate of drug-likeness (QED) is 0.381. The number of fused-ring (bicyclic) bond motifs is 1. The van der Waals surface area contributed by atoms with E-state index in [2.05, 4.69) is 31.9 Å². The molecule has 0 aliphatic carbocycles. The Labute approximate surface area is 156 Å². The van der Waals surface area contributed by atoms with Crippen molar-refractivity contribution in [2.45, 2.75) is 6.92 Å².